The van der Waals surface area contributed by atoms with Crippen molar-refractivity contribution in [2.45, 2.75) is 26.1 Å². The van der Waals surface area contributed by atoms with Crippen molar-refractivity contribution < 1.29 is 17.9 Å². The summed E-state index contributed by atoms with van der Waals surface area (Å²) in [5, 5.41) is 4.59. The van der Waals surface area contributed by atoms with Gasteiger partial charge in [0.1, 0.15) is 17.3 Å². The number of rotatable bonds is 5. The number of anilines is 2. The number of nitrogens with zero attached hydrogens (tertiary/aromatic N) is 3. The van der Waals surface area contributed by atoms with Gasteiger partial charge in [0, 0.05) is 29.9 Å². The first-order valence-electron chi connectivity index (χ1n) is 7.62. The third-order valence-corrected chi connectivity index (χ3v) is 3.91. The Labute approximate surface area is 151 Å². The lowest BCUT2D eigenvalue weighted by atomic mass is 10.2. The zero-order valence-electron chi connectivity index (χ0n) is 13.8. The fourth-order valence-electron chi connectivity index (χ4n) is 2.12. The number of hydrogen-bond acceptors (Lipinski definition) is 6. The molecule has 0 unspecified atom stereocenters. The molecule has 26 heavy (non-hydrogen) atoms. The second-order valence-corrected chi connectivity index (χ2v) is 6.39. The fourth-order valence-corrected chi connectivity index (χ4v) is 2.83. The van der Waals surface area contributed by atoms with Gasteiger partial charge in [-0.05, 0) is 26.0 Å². The number of halogens is 3. The average molecular weight is 379 g/mol. The highest BCUT2D eigenvalue weighted by atomic mass is 32.1. The first-order valence-corrected chi connectivity index (χ1v) is 8.50. The van der Waals surface area contributed by atoms with E-state index in [0.717, 1.165) is 17.4 Å². The lowest BCUT2D eigenvalue weighted by Gasteiger charge is -2.11. The zero-order chi connectivity index (χ0) is 18.7. The summed E-state index contributed by atoms with van der Waals surface area (Å²) < 4.78 is 44.7. The second-order valence-electron chi connectivity index (χ2n) is 5.54. The molecule has 0 atom stereocenters. The molecular formula is C17H14F3N4OS. The fraction of sp³-hybridized carbons (Fsp3) is 0.235. The molecule has 0 bridgehead atoms. The molecular weight excluding hydrogens is 365 g/mol. The van der Waals surface area contributed by atoms with E-state index in [0.29, 0.717) is 17.1 Å². The molecule has 0 aromatic carbocycles. The highest BCUT2D eigenvalue weighted by molar-refractivity contribution is 7.14. The van der Waals surface area contributed by atoms with Crippen molar-refractivity contribution in [3.63, 3.8) is 0 Å². The SMILES string of the molecule is CC(C)Oc1ccnc(-c2csc(Nc3nc[c]cc3C(F)(F)F)n2)c1. The summed E-state index contributed by atoms with van der Waals surface area (Å²) in [6.07, 6.45) is -1.76. The van der Waals surface area contributed by atoms with Gasteiger partial charge in [0.2, 0.25) is 0 Å². The molecule has 0 aliphatic heterocycles. The van der Waals surface area contributed by atoms with Crippen molar-refractivity contribution in [2.75, 3.05) is 5.32 Å². The highest BCUT2D eigenvalue weighted by Gasteiger charge is 2.34. The van der Waals surface area contributed by atoms with Gasteiger partial charge < -0.3 is 10.1 Å². The lowest BCUT2D eigenvalue weighted by Crippen LogP contribution is -2.10. The van der Waals surface area contributed by atoms with Crippen molar-refractivity contribution in [1.29, 1.82) is 0 Å². The molecule has 0 fully saturated rings. The first kappa shape index (κ1) is 18.1. The van der Waals surface area contributed by atoms with Crippen LogP contribution < -0.4 is 10.1 Å². The monoisotopic (exact) mass is 379 g/mol. The van der Waals surface area contributed by atoms with Crippen molar-refractivity contribution in [3.8, 4) is 17.1 Å². The van der Waals surface area contributed by atoms with E-state index in [1.807, 2.05) is 13.8 Å². The van der Waals surface area contributed by atoms with Gasteiger partial charge >= 0.3 is 6.18 Å². The first-order chi connectivity index (χ1) is 12.3. The largest absolute Gasteiger partial charge is 0.491 e. The third-order valence-electron chi connectivity index (χ3n) is 3.15. The Kier molecular flexibility index (Phi) is 5.08. The van der Waals surface area contributed by atoms with E-state index in [1.165, 1.54) is 6.20 Å². The quantitative estimate of drug-likeness (QED) is 0.680. The van der Waals surface area contributed by atoms with Crippen LogP contribution in [0.3, 0.4) is 0 Å². The van der Waals surface area contributed by atoms with Gasteiger partial charge in [0.15, 0.2) is 5.13 Å². The van der Waals surface area contributed by atoms with Crippen LogP contribution in [0, 0.1) is 6.07 Å². The van der Waals surface area contributed by atoms with Crippen LogP contribution in [0.4, 0.5) is 24.1 Å². The summed E-state index contributed by atoms with van der Waals surface area (Å²) in [4.78, 5) is 12.2. The van der Waals surface area contributed by atoms with Crippen molar-refractivity contribution >= 4 is 22.3 Å². The molecule has 135 valence electrons. The van der Waals surface area contributed by atoms with Crippen LogP contribution in [0.15, 0.2) is 36.0 Å². The van der Waals surface area contributed by atoms with Gasteiger partial charge in [-0.1, -0.05) is 0 Å². The van der Waals surface area contributed by atoms with Crippen LogP contribution in [0.5, 0.6) is 5.75 Å². The third kappa shape index (κ3) is 4.29. The lowest BCUT2D eigenvalue weighted by molar-refractivity contribution is -0.137. The summed E-state index contributed by atoms with van der Waals surface area (Å²) in [7, 11) is 0. The summed E-state index contributed by atoms with van der Waals surface area (Å²) in [6.45, 7) is 3.82. The molecule has 3 aromatic rings. The molecule has 0 saturated heterocycles. The molecule has 0 aliphatic carbocycles. The molecule has 0 amide bonds. The number of pyridine rings is 2. The van der Waals surface area contributed by atoms with Crippen LogP contribution in [0.1, 0.15) is 19.4 Å². The second kappa shape index (κ2) is 7.28. The van der Waals surface area contributed by atoms with Gasteiger partial charge in [-0.25, -0.2) is 9.97 Å². The molecule has 1 N–H and O–H groups in total. The Hall–Kier alpha value is -2.68. The van der Waals surface area contributed by atoms with E-state index in [4.69, 9.17) is 4.74 Å². The number of alkyl halides is 3. The van der Waals surface area contributed by atoms with E-state index in [1.54, 1.807) is 23.7 Å². The van der Waals surface area contributed by atoms with Gasteiger partial charge in [-0.15, -0.1) is 11.3 Å². The Morgan fingerprint density at radius 2 is 2.04 bits per heavy atom. The van der Waals surface area contributed by atoms with Crippen molar-refractivity contribution in [3.05, 3.63) is 47.6 Å². The summed E-state index contributed by atoms with van der Waals surface area (Å²) in [5.41, 5.74) is 0.197. The van der Waals surface area contributed by atoms with E-state index in [9.17, 15) is 13.2 Å². The van der Waals surface area contributed by atoms with Gasteiger partial charge in [-0.2, -0.15) is 13.2 Å². The Morgan fingerprint density at radius 3 is 2.77 bits per heavy atom. The molecule has 9 heteroatoms. The van der Waals surface area contributed by atoms with E-state index < -0.39 is 11.7 Å². The average Bonchev–Trinajstić information content (AvgIpc) is 3.02. The maximum absolute atomic E-state index is 13.0. The highest BCUT2D eigenvalue weighted by Crippen LogP contribution is 2.35. The van der Waals surface area contributed by atoms with E-state index in [-0.39, 0.29) is 17.1 Å². The topological polar surface area (TPSA) is 59.9 Å². The Balaban J connectivity index is 1.84. The normalized spacial score (nSPS) is 11.6. The van der Waals surface area contributed by atoms with Gasteiger partial charge in [0.05, 0.1) is 17.4 Å². The number of ether oxygens (including phenoxy) is 1. The van der Waals surface area contributed by atoms with Crippen LogP contribution in [0.25, 0.3) is 11.4 Å². The molecule has 1 radical (unpaired) electrons. The molecule has 0 saturated carbocycles. The Bertz CT molecular complexity index is 895. The number of nitrogens with one attached hydrogen (secondary N) is 1. The summed E-state index contributed by atoms with van der Waals surface area (Å²) >= 11 is 1.16. The molecule has 3 heterocycles. The predicted octanol–water partition coefficient (Wildman–Crippen LogP) is 4.95. The van der Waals surface area contributed by atoms with Gasteiger partial charge in [0.25, 0.3) is 0 Å². The molecule has 0 aliphatic rings. The van der Waals surface area contributed by atoms with Gasteiger partial charge in [-0.3, -0.25) is 4.98 Å². The van der Waals surface area contributed by atoms with Crippen LogP contribution in [0.2, 0.25) is 0 Å². The minimum atomic E-state index is -4.53. The van der Waals surface area contributed by atoms with Crippen molar-refractivity contribution in [2.24, 2.45) is 0 Å². The van der Waals surface area contributed by atoms with Crippen LogP contribution in [-0.4, -0.2) is 21.1 Å². The zero-order valence-corrected chi connectivity index (χ0v) is 14.6. The standard InChI is InChI=1S/C17H14F3N4OS/c1-10(2)25-11-5-7-21-13(8-11)14-9-26-16(23-14)24-15-12(17(18,19)20)4-3-6-22-15/h4-10H,1-2H3,(H,22,23,24). The van der Waals surface area contributed by atoms with Crippen LogP contribution >= 0.6 is 11.3 Å². The number of thiazole rings is 1. The molecule has 5 nitrogen and oxygen atoms in total. The minimum absolute atomic E-state index is 0.0136. The molecule has 3 aromatic heterocycles. The summed E-state index contributed by atoms with van der Waals surface area (Å²) in [6, 6.07) is 6.64. The van der Waals surface area contributed by atoms with E-state index >= 15 is 0 Å². The smallest absolute Gasteiger partial charge is 0.419 e. The molecule has 3 rings (SSSR count). The maximum Gasteiger partial charge on any atom is 0.419 e. The summed E-state index contributed by atoms with van der Waals surface area (Å²) in [5.74, 6) is 0.328. The maximum atomic E-state index is 13.0. The minimum Gasteiger partial charge on any atom is -0.491 e. The molecule has 0 spiro atoms. The van der Waals surface area contributed by atoms with Crippen molar-refractivity contribution in [1.82, 2.24) is 15.0 Å². The van der Waals surface area contributed by atoms with E-state index in [2.05, 4.69) is 26.3 Å². The number of aromatic nitrogens is 3. The predicted molar refractivity (Wildman–Crippen MR) is 92.5 cm³/mol. The number of hydrogen-bond donors (Lipinski definition) is 1. The Morgan fingerprint density at radius 1 is 1.23 bits per heavy atom. The van der Waals surface area contributed by atoms with Crippen LogP contribution in [-0.2, 0) is 6.18 Å².